The summed E-state index contributed by atoms with van der Waals surface area (Å²) in [5, 5.41) is 0. The van der Waals surface area contributed by atoms with Crippen LogP contribution < -0.4 is 5.73 Å². The zero-order chi connectivity index (χ0) is 8.97. The smallest absolute Gasteiger partial charge is 0.322 e. The Balaban J connectivity index is 2.24. The van der Waals surface area contributed by atoms with E-state index in [2.05, 4.69) is 4.74 Å². The van der Waals surface area contributed by atoms with Gasteiger partial charge in [0.2, 0.25) is 0 Å². The summed E-state index contributed by atoms with van der Waals surface area (Å²) in [6, 6.07) is -0.405. The van der Waals surface area contributed by atoms with Gasteiger partial charge in [-0.15, -0.1) is 0 Å². The van der Waals surface area contributed by atoms with Crippen molar-refractivity contribution in [3.63, 3.8) is 0 Å². The van der Waals surface area contributed by atoms with E-state index in [0.29, 0.717) is 5.92 Å². The third kappa shape index (κ3) is 2.48. The number of nitrogens with two attached hydrogens (primary N) is 1. The molecular weight excluding hydrogens is 154 g/mol. The van der Waals surface area contributed by atoms with Crippen LogP contribution in [-0.4, -0.2) is 19.1 Å². The molecule has 0 saturated heterocycles. The van der Waals surface area contributed by atoms with Crippen LogP contribution in [0, 0.1) is 5.92 Å². The van der Waals surface area contributed by atoms with E-state index < -0.39 is 6.04 Å². The van der Waals surface area contributed by atoms with Gasteiger partial charge in [-0.05, 0) is 12.3 Å². The van der Waals surface area contributed by atoms with Crippen LogP contribution in [0.1, 0.15) is 32.1 Å². The van der Waals surface area contributed by atoms with Gasteiger partial charge in [-0.3, -0.25) is 4.79 Å². The molecule has 0 aliphatic heterocycles. The molecule has 3 heteroatoms. The van der Waals surface area contributed by atoms with Crippen molar-refractivity contribution in [1.29, 1.82) is 0 Å². The van der Waals surface area contributed by atoms with Gasteiger partial charge in [-0.1, -0.05) is 25.7 Å². The summed E-state index contributed by atoms with van der Waals surface area (Å²) >= 11 is 0. The summed E-state index contributed by atoms with van der Waals surface area (Å²) in [6.45, 7) is 0. The van der Waals surface area contributed by atoms with Crippen LogP contribution in [0.3, 0.4) is 0 Å². The van der Waals surface area contributed by atoms with E-state index in [1.165, 1.54) is 32.8 Å². The lowest BCUT2D eigenvalue weighted by Gasteiger charge is -2.13. The van der Waals surface area contributed by atoms with Gasteiger partial charge in [0.15, 0.2) is 0 Å². The maximum absolute atomic E-state index is 11.0. The number of carbonyl (C=O) groups excluding carboxylic acids is 1. The quantitative estimate of drug-likeness (QED) is 0.646. The minimum Gasteiger partial charge on any atom is -0.468 e. The second-order valence-corrected chi connectivity index (χ2v) is 3.52. The maximum Gasteiger partial charge on any atom is 0.322 e. The lowest BCUT2D eigenvalue weighted by molar-refractivity contribution is -0.142. The molecule has 0 amide bonds. The molecule has 1 fully saturated rings. The largest absolute Gasteiger partial charge is 0.468 e. The first-order valence-corrected chi connectivity index (χ1v) is 4.57. The molecule has 1 saturated carbocycles. The Morgan fingerprint density at radius 1 is 1.58 bits per heavy atom. The third-order valence-corrected chi connectivity index (χ3v) is 2.57. The second-order valence-electron chi connectivity index (χ2n) is 3.52. The van der Waals surface area contributed by atoms with Crippen molar-refractivity contribution < 1.29 is 9.53 Å². The molecule has 0 aromatic rings. The van der Waals surface area contributed by atoms with Crippen molar-refractivity contribution in [2.45, 2.75) is 38.1 Å². The molecule has 1 aliphatic rings. The first-order valence-electron chi connectivity index (χ1n) is 4.57. The Hall–Kier alpha value is -0.570. The predicted molar refractivity (Wildman–Crippen MR) is 46.6 cm³/mol. The molecule has 2 N–H and O–H groups in total. The van der Waals surface area contributed by atoms with Crippen LogP contribution in [0.15, 0.2) is 0 Å². The molecule has 1 atom stereocenters. The summed E-state index contributed by atoms with van der Waals surface area (Å²) < 4.78 is 4.56. The van der Waals surface area contributed by atoms with Crippen molar-refractivity contribution in [3.05, 3.63) is 0 Å². The minimum atomic E-state index is -0.405. The number of carbonyl (C=O) groups is 1. The molecule has 0 heterocycles. The first kappa shape index (κ1) is 9.52. The Morgan fingerprint density at radius 3 is 2.67 bits per heavy atom. The molecule has 1 rings (SSSR count). The average Bonchev–Trinajstić information content (AvgIpc) is 2.55. The Labute approximate surface area is 73.3 Å². The van der Waals surface area contributed by atoms with Crippen LogP contribution in [-0.2, 0) is 9.53 Å². The van der Waals surface area contributed by atoms with E-state index in [4.69, 9.17) is 5.73 Å². The Bertz CT molecular complexity index is 153. The molecule has 0 spiro atoms. The molecule has 70 valence electrons. The van der Waals surface area contributed by atoms with Crippen LogP contribution >= 0.6 is 0 Å². The number of esters is 1. The minimum absolute atomic E-state index is 0.276. The van der Waals surface area contributed by atoms with Gasteiger partial charge in [-0.2, -0.15) is 0 Å². The van der Waals surface area contributed by atoms with E-state index in [9.17, 15) is 4.79 Å². The zero-order valence-electron chi connectivity index (χ0n) is 7.58. The number of ether oxygens (including phenoxy) is 1. The fraction of sp³-hybridized carbons (Fsp3) is 0.889. The molecule has 0 aromatic carbocycles. The highest BCUT2D eigenvalue weighted by atomic mass is 16.5. The molecule has 3 nitrogen and oxygen atoms in total. The van der Waals surface area contributed by atoms with Gasteiger partial charge in [0.05, 0.1) is 7.11 Å². The van der Waals surface area contributed by atoms with Crippen molar-refractivity contribution >= 4 is 5.97 Å². The molecule has 1 aliphatic carbocycles. The molecule has 0 bridgehead atoms. The van der Waals surface area contributed by atoms with Crippen molar-refractivity contribution in [2.24, 2.45) is 11.7 Å². The van der Waals surface area contributed by atoms with E-state index in [0.717, 1.165) is 6.42 Å². The van der Waals surface area contributed by atoms with Crippen LogP contribution in [0.5, 0.6) is 0 Å². The lowest BCUT2D eigenvalue weighted by Crippen LogP contribution is -2.33. The van der Waals surface area contributed by atoms with Gasteiger partial charge in [0.25, 0.3) is 0 Å². The molecule has 0 radical (unpaired) electrons. The molecular formula is C9H17NO2. The van der Waals surface area contributed by atoms with Gasteiger partial charge < -0.3 is 10.5 Å². The first-order chi connectivity index (χ1) is 5.74. The third-order valence-electron chi connectivity index (χ3n) is 2.57. The predicted octanol–water partition coefficient (Wildman–Crippen LogP) is 1.07. The maximum atomic E-state index is 11.0. The Kier molecular flexibility index (Phi) is 3.53. The van der Waals surface area contributed by atoms with Crippen molar-refractivity contribution in [1.82, 2.24) is 0 Å². The van der Waals surface area contributed by atoms with Crippen molar-refractivity contribution in [2.75, 3.05) is 7.11 Å². The van der Waals surface area contributed by atoms with Crippen LogP contribution in [0.2, 0.25) is 0 Å². The standard InChI is InChI=1S/C9H17NO2/c1-12-9(11)8(10)6-7-4-2-3-5-7/h7-8H,2-6,10H2,1H3. The number of hydrogen-bond donors (Lipinski definition) is 1. The van der Waals surface area contributed by atoms with E-state index in [1.807, 2.05) is 0 Å². The molecule has 12 heavy (non-hydrogen) atoms. The fourth-order valence-electron chi connectivity index (χ4n) is 1.85. The highest BCUT2D eigenvalue weighted by Crippen LogP contribution is 2.28. The monoisotopic (exact) mass is 171 g/mol. The summed E-state index contributed by atoms with van der Waals surface area (Å²) in [6.07, 6.45) is 5.83. The fourth-order valence-corrected chi connectivity index (χ4v) is 1.85. The van der Waals surface area contributed by atoms with Crippen molar-refractivity contribution in [3.8, 4) is 0 Å². The van der Waals surface area contributed by atoms with Gasteiger partial charge in [-0.25, -0.2) is 0 Å². The number of methoxy groups -OCH3 is 1. The normalized spacial score (nSPS) is 20.8. The second kappa shape index (κ2) is 4.45. The summed E-state index contributed by atoms with van der Waals surface area (Å²) in [5.41, 5.74) is 5.63. The highest BCUT2D eigenvalue weighted by molar-refractivity contribution is 5.75. The topological polar surface area (TPSA) is 52.3 Å². The summed E-state index contributed by atoms with van der Waals surface area (Å²) in [4.78, 5) is 11.0. The molecule has 0 aromatic heterocycles. The van der Waals surface area contributed by atoms with Gasteiger partial charge >= 0.3 is 5.97 Å². The highest BCUT2D eigenvalue weighted by Gasteiger charge is 2.22. The van der Waals surface area contributed by atoms with E-state index >= 15 is 0 Å². The SMILES string of the molecule is COC(=O)C(N)CC1CCCC1. The zero-order valence-corrected chi connectivity index (χ0v) is 7.58. The van der Waals surface area contributed by atoms with Crippen LogP contribution in [0.4, 0.5) is 0 Å². The number of rotatable bonds is 3. The van der Waals surface area contributed by atoms with Gasteiger partial charge in [0.1, 0.15) is 6.04 Å². The Morgan fingerprint density at radius 2 is 2.17 bits per heavy atom. The summed E-state index contributed by atoms with van der Waals surface area (Å²) in [7, 11) is 1.39. The van der Waals surface area contributed by atoms with Gasteiger partial charge in [0, 0.05) is 0 Å². The van der Waals surface area contributed by atoms with E-state index in [1.54, 1.807) is 0 Å². The molecule has 1 unspecified atom stereocenters. The van der Waals surface area contributed by atoms with Crippen LogP contribution in [0.25, 0.3) is 0 Å². The van der Waals surface area contributed by atoms with E-state index in [-0.39, 0.29) is 5.97 Å². The average molecular weight is 171 g/mol. The number of hydrogen-bond acceptors (Lipinski definition) is 3. The summed E-state index contributed by atoms with van der Waals surface area (Å²) in [5.74, 6) is 0.376. The lowest BCUT2D eigenvalue weighted by atomic mass is 9.99.